The van der Waals surface area contributed by atoms with E-state index >= 15 is 0 Å². The highest BCUT2D eigenvalue weighted by Gasteiger charge is 2.12. The lowest BCUT2D eigenvalue weighted by atomic mass is 10.2. The molecule has 2 heterocycles. The van der Waals surface area contributed by atoms with Crippen LogP contribution >= 0.6 is 11.8 Å². The van der Waals surface area contributed by atoms with Crippen molar-refractivity contribution < 1.29 is 14.3 Å². The van der Waals surface area contributed by atoms with Crippen LogP contribution in [0, 0.1) is 0 Å². The SMILES string of the molecule is O=C(O)CSc1nc(-c2ccco2)nc2ccccc12. The maximum absolute atomic E-state index is 10.7. The summed E-state index contributed by atoms with van der Waals surface area (Å²) in [6, 6.07) is 11.0. The van der Waals surface area contributed by atoms with Crippen molar-refractivity contribution in [2.75, 3.05) is 5.75 Å². The van der Waals surface area contributed by atoms with Gasteiger partial charge >= 0.3 is 5.97 Å². The number of aromatic nitrogens is 2. The topological polar surface area (TPSA) is 76.2 Å². The normalized spacial score (nSPS) is 10.8. The van der Waals surface area contributed by atoms with E-state index in [4.69, 9.17) is 9.52 Å². The van der Waals surface area contributed by atoms with Gasteiger partial charge in [0.15, 0.2) is 11.6 Å². The molecule has 0 atom stereocenters. The Morgan fingerprint density at radius 1 is 1.20 bits per heavy atom. The van der Waals surface area contributed by atoms with Crippen LogP contribution in [0.3, 0.4) is 0 Å². The average molecular weight is 286 g/mol. The lowest BCUT2D eigenvalue weighted by Gasteiger charge is -2.06. The highest BCUT2D eigenvalue weighted by Crippen LogP contribution is 2.28. The van der Waals surface area contributed by atoms with Crippen molar-refractivity contribution in [2.45, 2.75) is 5.03 Å². The number of fused-ring (bicyclic) bond motifs is 1. The van der Waals surface area contributed by atoms with Crippen LogP contribution < -0.4 is 0 Å². The summed E-state index contributed by atoms with van der Waals surface area (Å²) in [7, 11) is 0. The van der Waals surface area contributed by atoms with Crippen molar-refractivity contribution in [3.63, 3.8) is 0 Å². The number of nitrogens with zero attached hydrogens (tertiary/aromatic N) is 2. The van der Waals surface area contributed by atoms with Crippen LogP contribution in [0.1, 0.15) is 0 Å². The number of rotatable bonds is 4. The molecule has 0 fully saturated rings. The summed E-state index contributed by atoms with van der Waals surface area (Å²) in [6.45, 7) is 0. The molecule has 0 aliphatic rings. The number of para-hydroxylation sites is 1. The molecule has 0 bridgehead atoms. The summed E-state index contributed by atoms with van der Waals surface area (Å²) >= 11 is 1.18. The first kappa shape index (κ1) is 12.7. The van der Waals surface area contributed by atoms with Crippen LogP contribution in [0.25, 0.3) is 22.5 Å². The Balaban J connectivity index is 2.12. The predicted molar refractivity (Wildman–Crippen MR) is 75.6 cm³/mol. The molecule has 20 heavy (non-hydrogen) atoms. The third kappa shape index (κ3) is 2.50. The van der Waals surface area contributed by atoms with E-state index in [9.17, 15) is 4.79 Å². The minimum atomic E-state index is -0.878. The van der Waals surface area contributed by atoms with Gasteiger partial charge in [0.25, 0.3) is 0 Å². The second kappa shape index (κ2) is 5.34. The van der Waals surface area contributed by atoms with Crippen LogP contribution in [0.15, 0.2) is 52.1 Å². The minimum Gasteiger partial charge on any atom is -0.481 e. The van der Waals surface area contributed by atoms with Crippen LogP contribution in [0.2, 0.25) is 0 Å². The Hall–Kier alpha value is -2.34. The van der Waals surface area contributed by atoms with Crippen LogP contribution in [-0.2, 0) is 4.79 Å². The maximum atomic E-state index is 10.7. The number of hydrogen-bond acceptors (Lipinski definition) is 5. The second-order valence-corrected chi connectivity index (χ2v) is 4.99. The molecule has 0 saturated heterocycles. The summed E-state index contributed by atoms with van der Waals surface area (Å²) in [5, 5.41) is 10.3. The fourth-order valence-corrected chi connectivity index (χ4v) is 2.54. The van der Waals surface area contributed by atoms with Crippen LogP contribution in [-0.4, -0.2) is 26.8 Å². The summed E-state index contributed by atoms with van der Waals surface area (Å²) in [5.41, 5.74) is 0.766. The third-order valence-corrected chi connectivity index (χ3v) is 3.62. The van der Waals surface area contributed by atoms with Crippen molar-refractivity contribution in [2.24, 2.45) is 0 Å². The molecule has 0 unspecified atom stereocenters. The van der Waals surface area contributed by atoms with Gasteiger partial charge in [-0.15, -0.1) is 0 Å². The standard InChI is InChI=1S/C14H10N2O3S/c17-12(18)8-20-14-9-4-1-2-5-10(9)15-13(16-14)11-6-3-7-19-11/h1-7H,8H2,(H,17,18). The molecular weight excluding hydrogens is 276 g/mol. The van der Waals surface area contributed by atoms with Gasteiger partial charge in [0.2, 0.25) is 0 Å². The molecule has 0 amide bonds. The van der Waals surface area contributed by atoms with E-state index in [0.717, 1.165) is 10.9 Å². The van der Waals surface area contributed by atoms with E-state index in [1.807, 2.05) is 24.3 Å². The van der Waals surface area contributed by atoms with Gasteiger partial charge < -0.3 is 9.52 Å². The Morgan fingerprint density at radius 2 is 2.05 bits per heavy atom. The Labute approximate surface area is 118 Å². The van der Waals surface area contributed by atoms with Gasteiger partial charge in [-0.25, -0.2) is 9.97 Å². The lowest BCUT2D eigenvalue weighted by Crippen LogP contribution is -2.00. The monoisotopic (exact) mass is 286 g/mol. The maximum Gasteiger partial charge on any atom is 0.313 e. The Bertz CT molecular complexity index is 756. The summed E-state index contributed by atoms with van der Waals surface area (Å²) in [5.74, 6) is 0.102. The van der Waals surface area contributed by atoms with Crippen molar-refractivity contribution >= 4 is 28.6 Å². The fraction of sp³-hybridized carbons (Fsp3) is 0.0714. The average Bonchev–Trinajstić information content (AvgIpc) is 2.98. The molecule has 5 nitrogen and oxygen atoms in total. The number of furan rings is 1. The van der Waals surface area contributed by atoms with E-state index in [1.54, 1.807) is 18.4 Å². The highest BCUT2D eigenvalue weighted by atomic mass is 32.2. The Morgan fingerprint density at radius 3 is 2.80 bits per heavy atom. The number of hydrogen-bond donors (Lipinski definition) is 1. The molecule has 0 spiro atoms. The van der Waals surface area contributed by atoms with Gasteiger partial charge in [0.05, 0.1) is 17.5 Å². The van der Waals surface area contributed by atoms with Gasteiger partial charge in [0.1, 0.15) is 5.03 Å². The third-order valence-electron chi connectivity index (χ3n) is 2.64. The molecule has 6 heteroatoms. The molecule has 100 valence electrons. The smallest absolute Gasteiger partial charge is 0.313 e. The van der Waals surface area contributed by atoms with Crippen LogP contribution in [0.5, 0.6) is 0 Å². The molecule has 0 radical (unpaired) electrons. The van der Waals surface area contributed by atoms with E-state index < -0.39 is 5.97 Å². The van der Waals surface area contributed by atoms with Gasteiger partial charge in [-0.1, -0.05) is 30.0 Å². The fourth-order valence-electron chi connectivity index (χ4n) is 1.80. The first-order valence-electron chi connectivity index (χ1n) is 5.89. The van der Waals surface area contributed by atoms with Gasteiger partial charge in [0, 0.05) is 5.39 Å². The molecule has 1 N–H and O–H groups in total. The molecule has 1 aromatic carbocycles. The molecule has 3 aromatic rings. The van der Waals surface area contributed by atoms with Crippen molar-refractivity contribution in [3.05, 3.63) is 42.7 Å². The minimum absolute atomic E-state index is 0.0431. The van der Waals surface area contributed by atoms with E-state index in [1.165, 1.54) is 11.8 Å². The zero-order valence-corrected chi connectivity index (χ0v) is 11.1. The molecule has 0 aliphatic carbocycles. The largest absolute Gasteiger partial charge is 0.481 e. The molecule has 3 rings (SSSR count). The van der Waals surface area contributed by atoms with Crippen LogP contribution in [0.4, 0.5) is 0 Å². The molecular formula is C14H10N2O3S. The summed E-state index contributed by atoms with van der Waals surface area (Å²) in [6.07, 6.45) is 1.55. The van der Waals surface area contributed by atoms with E-state index in [2.05, 4.69) is 9.97 Å². The first-order valence-corrected chi connectivity index (χ1v) is 6.88. The van der Waals surface area contributed by atoms with Gasteiger partial charge in [-0.05, 0) is 18.2 Å². The molecule has 0 saturated carbocycles. The van der Waals surface area contributed by atoms with E-state index in [-0.39, 0.29) is 5.75 Å². The number of aliphatic carboxylic acids is 1. The van der Waals surface area contributed by atoms with Gasteiger partial charge in [-0.2, -0.15) is 0 Å². The lowest BCUT2D eigenvalue weighted by molar-refractivity contribution is -0.133. The molecule has 0 aliphatic heterocycles. The van der Waals surface area contributed by atoms with Crippen molar-refractivity contribution in [1.29, 1.82) is 0 Å². The molecule has 2 aromatic heterocycles. The summed E-state index contributed by atoms with van der Waals surface area (Å²) < 4.78 is 5.30. The highest BCUT2D eigenvalue weighted by molar-refractivity contribution is 8.00. The van der Waals surface area contributed by atoms with Crippen molar-refractivity contribution in [3.8, 4) is 11.6 Å². The quantitative estimate of drug-likeness (QED) is 0.586. The van der Waals surface area contributed by atoms with E-state index in [0.29, 0.717) is 16.6 Å². The number of carbonyl (C=O) groups is 1. The first-order chi connectivity index (χ1) is 9.74. The van der Waals surface area contributed by atoms with Gasteiger partial charge in [-0.3, -0.25) is 4.79 Å². The number of carboxylic acid groups (broad SMARTS) is 1. The Kier molecular flexibility index (Phi) is 3.39. The zero-order chi connectivity index (χ0) is 13.9. The second-order valence-electron chi connectivity index (χ2n) is 4.03. The zero-order valence-electron chi connectivity index (χ0n) is 10.3. The number of thioether (sulfide) groups is 1. The number of carboxylic acids is 1. The summed E-state index contributed by atoms with van der Waals surface area (Å²) in [4.78, 5) is 19.6. The number of benzene rings is 1. The van der Waals surface area contributed by atoms with Crippen molar-refractivity contribution in [1.82, 2.24) is 9.97 Å². The predicted octanol–water partition coefficient (Wildman–Crippen LogP) is 3.07.